The van der Waals surface area contributed by atoms with E-state index in [1.165, 1.54) is 6.26 Å². The Morgan fingerprint density at radius 2 is 1.95 bits per heavy atom. The van der Waals surface area contributed by atoms with Gasteiger partial charge in [-0.25, -0.2) is 4.68 Å². The van der Waals surface area contributed by atoms with Crippen LogP contribution in [0, 0.1) is 13.8 Å². The topological polar surface area (TPSA) is 60.1 Å². The van der Waals surface area contributed by atoms with Crippen LogP contribution in [0.15, 0.2) is 51.6 Å². The molecule has 0 aliphatic carbocycles. The first-order chi connectivity index (χ1) is 10.6. The van der Waals surface area contributed by atoms with Crippen molar-refractivity contribution in [3.8, 4) is 5.69 Å². The Morgan fingerprint density at radius 3 is 2.50 bits per heavy atom. The Labute approximate surface area is 136 Å². The Bertz CT molecular complexity index is 805. The highest BCUT2D eigenvalue weighted by Crippen LogP contribution is 2.23. The molecule has 2 heterocycles. The van der Waals surface area contributed by atoms with E-state index in [2.05, 4.69) is 26.3 Å². The fourth-order valence-electron chi connectivity index (χ4n) is 2.16. The minimum atomic E-state index is -0.272. The third kappa shape index (κ3) is 2.69. The fraction of sp³-hybridized carbons (Fsp3) is 0.125. The molecule has 2 aromatic heterocycles. The summed E-state index contributed by atoms with van der Waals surface area (Å²) < 4.78 is 7.92. The minimum absolute atomic E-state index is 0.272. The van der Waals surface area contributed by atoms with Gasteiger partial charge in [0.05, 0.1) is 27.8 Å². The van der Waals surface area contributed by atoms with E-state index in [0.717, 1.165) is 21.5 Å². The van der Waals surface area contributed by atoms with Crippen LogP contribution < -0.4 is 5.32 Å². The summed E-state index contributed by atoms with van der Waals surface area (Å²) in [6, 6.07) is 10.8. The highest BCUT2D eigenvalue weighted by atomic mass is 79.9. The molecule has 1 aromatic carbocycles. The molecule has 1 amide bonds. The molecule has 0 unspecified atom stereocenters. The molecule has 0 aliphatic heterocycles. The highest BCUT2D eigenvalue weighted by molar-refractivity contribution is 9.10. The monoisotopic (exact) mass is 359 g/mol. The van der Waals surface area contributed by atoms with E-state index in [9.17, 15) is 4.79 Å². The summed E-state index contributed by atoms with van der Waals surface area (Å²) >= 11 is 3.52. The summed E-state index contributed by atoms with van der Waals surface area (Å²) in [4.78, 5) is 11.9. The maximum Gasteiger partial charge on any atom is 0.291 e. The third-order valence-corrected chi connectivity index (χ3v) is 4.47. The molecule has 6 heteroatoms. The Hall–Kier alpha value is -2.34. The summed E-state index contributed by atoms with van der Waals surface area (Å²) in [5, 5.41) is 7.26. The summed E-state index contributed by atoms with van der Waals surface area (Å²) in [5.74, 6) is 0.0122. The molecule has 22 heavy (non-hydrogen) atoms. The molecule has 0 radical (unpaired) electrons. The van der Waals surface area contributed by atoms with Crippen molar-refractivity contribution in [1.82, 2.24) is 9.78 Å². The SMILES string of the molecule is Cc1nn(-c2ccc(NC(=O)c3ccco3)cc2)c(C)c1Br. The van der Waals surface area contributed by atoms with Gasteiger partial charge in [0.2, 0.25) is 0 Å². The number of hydrogen-bond acceptors (Lipinski definition) is 3. The van der Waals surface area contributed by atoms with Gasteiger partial charge in [0, 0.05) is 5.69 Å². The van der Waals surface area contributed by atoms with Gasteiger partial charge in [0.1, 0.15) is 0 Å². The first-order valence-corrected chi connectivity index (χ1v) is 7.52. The zero-order valence-corrected chi connectivity index (χ0v) is 13.7. The molecule has 0 saturated carbocycles. The van der Waals surface area contributed by atoms with Gasteiger partial charge >= 0.3 is 0 Å². The van der Waals surface area contributed by atoms with E-state index in [4.69, 9.17) is 4.42 Å². The second-order valence-corrected chi connectivity index (χ2v) is 5.67. The predicted octanol–water partition coefficient (Wildman–Crippen LogP) is 4.10. The third-order valence-electron chi connectivity index (χ3n) is 3.32. The van der Waals surface area contributed by atoms with Gasteiger partial charge in [0.15, 0.2) is 5.76 Å². The fourth-order valence-corrected chi connectivity index (χ4v) is 2.41. The van der Waals surface area contributed by atoms with E-state index in [0.29, 0.717) is 5.69 Å². The second-order valence-electron chi connectivity index (χ2n) is 4.87. The number of carbonyl (C=O) groups is 1. The Kier molecular flexibility index (Phi) is 3.85. The van der Waals surface area contributed by atoms with Crippen LogP contribution in [0.3, 0.4) is 0 Å². The van der Waals surface area contributed by atoms with Crippen LogP contribution in [-0.4, -0.2) is 15.7 Å². The van der Waals surface area contributed by atoms with Crippen molar-refractivity contribution < 1.29 is 9.21 Å². The number of furan rings is 1. The Morgan fingerprint density at radius 1 is 1.23 bits per heavy atom. The Balaban J connectivity index is 1.81. The van der Waals surface area contributed by atoms with Crippen molar-refractivity contribution in [3.05, 3.63) is 64.3 Å². The molecule has 0 bridgehead atoms. The number of aryl methyl sites for hydroxylation is 1. The number of nitrogens with one attached hydrogen (secondary N) is 1. The number of amides is 1. The van der Waals surface area contributed by atoms with Crippen molar-refractivity contribution in [1.29, 1.82) is 0 Å². The quantitative estimate of drug-likeness (QED) is 0.765. The number of nitrogens with zero attached hydrogens (tertiary/aromatic N) is 2. The summed E-state index contributed by atoms with van der Waals surface area (Å²) in [6.45, 7) is 3.95. The standard InChI is InChI=1S/C16H14BrN3O2/c1-10-15(17)11(2)20(19-10)13-7-5-12(6-8-13)18-16(21)14-4-3-9-22-14/h3-9H,1-2H3,(H,18,21). The normalized spacial score (nSPS) is 10.7. The number of anilines is 1. The molecular weight excluding hydrogens is 346 g/mol. The zero-order chi connectivity index (χ0) is 15.7. The highest BCUT2D eigenvalue weighted by Gasteiger charge is 2.11. The van der Waals surface area contributed by atoms with E-state index < -0.39 is 0 Å². The lowest BCUT2D eigenvalue weighted by Gasteiger charge is -2.07. The van der Waals surface area contributed by atoms with Gasteiger partial charge < -0.3 is 9.73 Å². The molecule has 0 fully saturated rings. The van der Waals surface area contributed by atoms with Crippen LogP contribution in [0.2, 0.25) is 0 Å². The van der Waals surface area contributed by atoms with Gasteiger partial charge in [-0.2, -0.15) is 5.10 Å². The van der Waals surface area contributed by atoms with Crippen LogP contribution in [-0.2, 0) is 0 Å². The maximum atomic E-state index is 11.9. The lowest BCUT2D eigenvalue weighted by Crippen LogP contribution is -2.10. The smallest absolute Gasteiger partial charge is 0.291 e. The van der Waals surface area contributed by atoms with Crippen LogP contribution in [0.1, 0.15) is 21.9 Å². The van der Waals surface area contributed by atoms with Crippen molar-refractivity contribution >= 4 is 27.5 Å². The minimum Gasteiger partial charge on any atom is -0.459 e. The van der Waals surface area contributed by atoms with Crippen LogP contribution >= 0.6 is 15.9 Å². The van der Waals surface area contributed by atoms with Crippen LogP contribution in [0.5, 0.6) is 0 Å². The summed E-state index contributed by atoms with van der Waals surface area (Å²) in [5.41, 5.74) is 3.60. The first kappa shape index (κ1) is 14.6. The molecule has 0 spiro atoms. The zero-order valence-electron chi connectivity index (χ0n) is 12.1. The second kappa shape index (κ2) is 5.81. The lowest BCUT2D eigenvalue weighted by atomic mass is 10.2. The average Bonchev–Trinajstić information content (AvgIpc) is 3.13. The van der Waals surface area contributed by atoms with Crippen molar-refractivity contribution in [2.45, 2.75) is 13.8 Å². The van der Waals surface area contributed by atoms with Gasteiger partial charge in [-0.15, -0.1) is 0 Å². The first-order valence-electron chi connectivity index (χ1n) is 6.73. The molecule has 3 rings (SSSR count). The van der Waals surface area contributed by atoms with Crippen molar-refractivity contribution in [3.63, 3.8) is 0 Å². The number of hydrogen-bond donors (Lipinski definition) is 1. The van der Waals surface area contributed by atoms with E-state index in [1.807, 2.05) is 42.8 Å². The molecule has 5 nitrogen and oxygen atoms in total. The lowest BCUT2D eigenvalue weighted by molar-refractivity contribution is 0.0996. The van der Waals surface area contributed by atoms with Crippen LogP contribution in [0.25, 0.3) is 5.69 Å². The molecule has 0 saturated heterocycles. The van der Waals surface area contributed by atoms with E-state index in [-0.39, 0.29) is 11.7 Å². The van der Waals surface area contributed by atoms with Gasteiger partial charge in [0.25, 0.3) is 5.91 Å². The number of aromatic nitrogens is 2. The number of rotatable bonds is 3. The number of carbonyl (C=O) groups excluding carboxylic acids is 1. The maximum absolute atomic E-state index is 11.9. The van der Waals surface area contributed by atoms with Gasteiger partial charge in [-0.1, -0.05) is 0 Å². The summed E-state index contributed by atoms with van der Waals surface area (Å²) in [6.07, 6.45) is 1.47. The molecule has 0 aliphatic rings. The molecule has 3 aromatic rings. The van der Waals surface area contributed by atoms with Crippen molar-refractivity contribution in [2.24, 2.45) is 0 Å². The number of benzene rings is 1. The van der Waals surface area contributed by atoms with Crippen molar-refractivity contribution in [2.75, 3.05) is 5.32 Å². The molecule has 0 atom stereocenters. The van der Waals surface area contributed by atoms with Crippen LogP contribution in [0.4, 0.5) is 5.69 Å². The van der Waals surface area contributed by atoms with E-state index in [1.54, 1.807) is 12.1 Å². The van der Waals surface area contributed by atoms with Gasteiger partial charge in [-0.05, 0) is 66.2 Å². The van der Waals surface area contributed by atoms with E-state index >= 15 is 0 Å². The van der Waals surface area contributed by atoms with Gasteiger partial charge in [-0.3, -0.25) is 4.79 Å². The molecule has 1 N–H and O–H groups in total. The largest absolute Gasteiger partial charge is 0.459 e. The molecule has 112 valence electrons. The molecular formula is C16H14BrN3O2. The summed E-state index contributed by atoms with van der Waals surface area (Å²) in [7, 11) is 0. The number of halogens is 1. The average molecular weight is 360 g/mol. The predicted molar refractivity (Wildman–Crippen MR) is 87.4 cm³/mol.